The van der Waals surface area contributed by atoms with Crippen LogP contribution in [-0.2, 0) is 28.5 Å². The van der Waals surface area contributed by atoms with Gasteiger partial charge in [0.15, 0.2) is 0 Å². The molecule has 0 atom stereocenters. The van der Waals surface area contributed by atoms with E-state index in [1.54, 1.807) is 54.6 Å². The monoisotopic (exact) mass is 962 g/mol. The van der Waals surface area contributed by atoms with Crippen LogP contribution in [0.1, 0.15) is 84.6 Å². The number of unbranched alkanes of at least 4 members (excludes halogenated alkanes) is 3. The van der Waals surface area contributed by atoms with E-state index in [9.17, 15) is 19.2 Å². The minimum Gasteiger partial charge on any atom is -0.494 e. The Morgan fingerprint density at radius 2 is 1.17 bits per heavy atom. The molecule has 368 valence electrons. The molecular formula is C57H58N2O12. The molecule has 0 amide bonds. The maximum absolute atomic E-state index is 13.5. The minimum absolute atomic E-state index is 0.261. The third kappa shape index (κ3) is 13.3. The first-order valence-electron chi connectivity index (χ1n) is 24.3. The number of fused-ring (bicyclic) bond motifs is 7. The molecule has 1 aromatic heterocycles. The predicted molar refractivity (Wildman–Crippen MR) is 269 cm³/mol. The van der Waals surface area contributed by atoms with Crippen LogP contribution in [0.3, 0.4) is 0 Å². The molecule has 0 radical (unpaired) electrons. The summed E-state index contributed by atoms with van der Waals surface area (Å²) in [4.78, 5) is 61.0. The molecule has 14 heteroatoms. The quantitative estimate of drug-likeness (QED) is 0.0148. The highest BCUT2D eigenvalue weighted by Gasteiger charge is 2.30. The van der Waals surface area contributed by atoms with Crippen LogP contribution in [0.4, 0.5) is 0 Å². The van der Waals surface area contributed by atoms with Crippen LogP contribution < -0.4 is 18.9 Å². The Hall–Kier alpha value is -7.42. The molecule has 0 bridgehead atoms. The molecule has 7 aromatic rings. The van der Waals surface area contributed by atoms with Gasteiger partial charge in [-0.05, 0) is 161 Å². The number of ether oxygens (including phenoxy) is 8. The summed E-state index contributed by atoms with van der Waals surface area (Å²) < 4.78 is 45.1. The van der Waals surface area contributed by atoms with Crippen LogP contribution in [-0.4, -0.2) is 86.2 Å². The highest BCUT2D eigenvalue weighted by atomic mass is 16.6. The molecule has 71 heavy (non-hydrogen) atoms. The number of esters is 4. The number of benzene rings is 6. The third-order valence-electron chi connectivity index (χ3n) is 12.3. The van der Waals surface area contributed by atoms with Crippen LogP contribution in [0.5, 0.6) is 23.0 Å². The zero-order chi connectivity index (χ0) is 49.5. The van der Waals surface area contributed by atoms with E-state index >= 15 is 0 Å². The van der Waals surface area contributed by atoms with Gasteiger partial charge in [0.2, 0.25) is 0 Å². The van der Waals surface area contributed by atoms with Crippen molar-refractivity contribution in [1.82, 2.24) is 9.97 Å². The number of hydrogen-bond acceptors (Lipinski definition) is 14. The largest absolute Gasteiger partial charge is 0.494 e. The van der Waals surface area contributed by atoms with Crippen molar-refractivity contribution in [2.24, 2.45) is 5.92 Å². The SMILES string of the molecule is C=CC(=O)OCCCCCCOc1ccc(OC(=O)C2CCC(OC(=O)c3ccc(C(=O)Oc4ccc5c6ccc(C)cc6c6nc7cc(OCCOCCOCC)ccc7nc6c5c4)cc3)CC2)cc1. The van der Waals surface area contributed by atoms with Crippen molar-refractivity contribution in [3.8, 4) is 23.0 Å². The van der Waals surface area contributed by atoms with Crippen LogP contribution >= 0.6 is 0 Å². The van der Waals surface area contributed by atoms with Gasteiger partial charge in [0.05, 0.1) is 72.1 Å². The second kappa shape index (κ2) is 24.4. The Morgan fingerprint density at radius 3 is 1.90 bits per heavy atom. The van der Waals surface area contributed by atoms with Crippen molar-refractivity contribution >= 4 is 67.5 Å². The van der Waals surface area contributed by atoms with Gasteiger partial charge in [-0.2, -0.15) is 0 Å². The number of rotatable bonds is 23. The lowest BCUT2D eigenvalue weighted by Gasteiger charge is -2.27. The van der Waals surface area contributed by atoms with Crippen LogP contribution in [0.15, 0.2) is 116 Å². The predicted octanol–water partition coefficient (Wildman–Crippen LogP) is 11.0. The first kappa shape index (κ1) is 50.0. The van der Waals surface area contributed by atoms with E-state index in [0.717, 1.165) is 64.4 Å². The fourth-order valence-electron chi connectivity index (χ4n) is 8.52. The van der Waals surface area contributed by atoms with Gasteiger partial charge in [-0.25, -0.2) is 24.4 Å². The van der Waals surface area contributed by atoms with Gasteiger partial charge >= 0.3 is 23.9 Å². The molecule has 14 nitrogen and oxygen atoms in total. The van der Waals surface area contributed by atoms with Crippen molar-refractivity contribution in [2.45, 2.75) is 71.3 Å². The molecule has 8 rings (SSSR count). The molecule has 1 aliphatic carbocycles. The summed E-state index contributed by atoms with van der Waals surface area (Å²) >= 11 is 0. The molecule has 1 heterocycles. The zero-order valence-corrected chi connectivity index (χ0v) is 40.2. The molecule has 1 saturated carbocycles. The molecule has 1 aliphatic rings. The number of aryl methyl sites for hydroxylation is 1. The Kier molecular flexibility index (Phi) is 17.2. The Morgan fingerprint density at radius 1 is 0.563 bits per heavy atom. The number of aromatic nitrogens is 2. The summed E-state index contributed by atoms with van der Waals surface area (Å²) in [5.74, 6) is -0.0292. The van der Waals surface area contributed by atoms with Gasteiger partial charge in [-0.15, -0.1) is 0 Å². The second-order valence-electron chi connectivity index (χ2n) is 17.4. The summed E-state index contributed by atoms with van der Waals surface area (Å²) in [5.41, 5.74) is 4.41. The Labute approximate surface area is 412 Å². The van der Waals surface area contributed by atoms with Gasteiger partial charge in [-0.3, -0.25) is 4.79 Å². The van der Waals surface area contributed by atoms with Crippen LogP contribution in [0.25, 0.3) is 43.6 Å². The van der Waals surface area contributed by atoms with Crippen molar-refractivity contribution in [3.05, 3.63) is 132 Å². The molecule has 0 aliphatic heterocycles. The highest BCUT2D eigenvalue weighted by molar-refractivity contribution is 6.24. The van der Waals surface area contributed by atoms with E-state index < -0.39 is 17.9 Å². The molecule has 0 spiro atoms. The number of hydrogen-bond donors (Lipinski definition) is 0. The minimum atomic E-state index is -0.589. The summed E-state index contributed by atoms with van der Waals surface area (Å²) in [5, 5.41) is 3.68. The van der Waals surface area contributed by atoms with Gasteiger partial charge in [0.1, 0.15) is 35.7 Å². The summed E-state index contributed by atoms with van der Waals surface area (Å²) in [6.07, 6.45) is 6.41. The normalized spacial score (nSPS) is 14.6. The fourth-order valence-corrected chi connectivity index (χ4v) is 8.52. The van der Waals surface area contributed by atoms with Gasteiger partial charge in [0.25, 0.3) is 0 Å². The van der Waals surface area contributed by atoms with Gasteiger partial charge in [0, 0.05) is 29.5 Å². The first-order valence-corrected chi connectivity index (χ1v) is 24.3. The molecule has 1 fully saturated rings. The third-order valence-corrected chi connectivity index (χ3v) is 12.3. The van der Waals surface area contributed by atoms with E-state index in [2.05, 4.69) is 24.8 Å². The lowest BCUT2D eigenvalue weighted by atomic mass is 9.87. The van der Waals surface area contributed by atoms with Crippen LogP contribution in [0, 0.1) is 12.8 Å². The van der Waals surface area contributed by atoms with Crippen molar-refractivity contribution in [2.75, 3.05) is 46.2 Å². The summed E-state index contributed by atoms with van der Waals surface area (Å²) in [6.45, 7) is 10.8. The second-order valence-corrected chi connectivity index (χ2v) is 17.4. The molecule has 0 N–H and O–H groups in total. The van der Waals surface area contributed by atoms with E-state index in [4.69, 9.17) is 47.9 Å². The topological polar surface area (TPSA) is 168 Å². The lowest BCUT2D eigenvalue weighted by Crippen LogP contribution is -2.30. The van der Waals surface area contributed by atoms with Crippen molar-refractivity contribution in [1.29, 1.82) is 0 Å². The first-order chi connectivity index (χ1) is 34.6. The fraction of sp³-hybridized carbons (Fsp3) is 0.333. The maximum atomic E-state index is 13.5. The number of nitrogens with zero attached hydrogens (tertiary/aromatic N) is 2. The Bertz CT molecular complexity index is 3000. The molecule has 0 unspecified atom stereocenters. The van der Waals surface area contributed by atoms with Gasteiger partial charge in [-0.1, -0.05) is 24.3 Å². The van der Waals surface area contributed by atoms with E-state index in [1.807, 2.05) is 44.2 Å². The van der Waals surface area contributed by atoms with E-state index in [-0.39, 0.29) is 23.6 Å². The van der Waals surface area contributed by atoms with Crippen molar-refractivity contribution < 1.29 is 57.1 Å². The maximum Gasteiger partial charge on any atom is 0.343 e. The lowest BCUT2D eigenvalue weighted by molar-refractivity contribution is -0.140. The van der Waals surface area contributed by atoms with Gasteiger partial charge < -0.3 is 37.9 Å². The van der Waals surface area contributed by atoms with Crippen molar-refractivity contribution in [3.63, 3.8) is 0 Å². The average Bonchev–Trinajstić information content (AvgIpc) is 3.39. The smallest absolute Gasteiger partial charge is 0.343 e. The van der Waals surface area contributed by atoms with E-state index in [1.165, 1.54) is 0 Å². The molecular weight excluding hydrogens is 905 g/mol. The number of carbonyl (C=O) groups excluding carboxylic acids is 4. The summed E-state index contributed by atoms with van der Waals surface area (Å²) in [7, 11) is 0. The average molecular weight is 963 g/mol. The number of carbonyl (C=O) groups is 4. The van der Waals surface area contributed by atoms with E-state index in [0.29, 0.717) is 117 Å². The molecule has 0 saturated heterocycles. The zero-order valence-electron chi connectivity index (χ0n) is 40.2. The molecule has 6 aromatic carbocycles. The standard InChI is InChI=1S/C57H58N2O12/c1-4-52(60)68-29-9-7-6-8-28-66-41-19-21-43(22-20-41)70-56(62)40-15-17-42(18-16-40)69-55(61)38-11-13-39(14-12-38)57(63)71-45-23-26-47-46-25-10-37(3)34-48(46)53-54(49(47)35-45)58-50-27-24-44(36-51(50)59-53)67-33-32-65-31-30-64-5-2/h4,10-14,19-27,34-36,40,42H,1,5-9,15-18,28-33H2,2-3H3. The highest BCUT2D eigenvalue weighted by Crippen LogP contribution is 2.37. The Balaban J connectivity index is 0.823. The summed E-state index contributed by atoms with van der Waals surface area (Å²) in [6, 6.07) is 30.5. The van der Waals surface area contributed by atoms with Crippen LogP contribution in [0.2, 0.25) is 0 Å².